The van der Waals surface area contributed by atoms with Crippen LogP contribution < -0.4 is 0 Å². The predicted octanol–water partition coefficient (Wildman–Crippen LogP) is 2.73. The lowest BCUT2D eigenvalue weighted by Crippen LogP contribution is -2.38. The molecular formula is C19H19N3O4. The molecule has 3 heterocycles. The minimum absolute atomic E-state index is 0.0179. The fraction of sp³-hybridized carbons (Fsp3) is 0.316. The monoisotopic (exact) mass is 353 g/mol. The summed E-state index contributed by atoms with van der Waals surface area (Å²) >= 11 is 0. The lowest BCUT2D eigenvalue weighted by molar-refractivity contribution is -0.134. The number of furan rings is 1. The summed E-state index contributed by atoms with van der Waals surface area (Å²) in [5, 5.41) is 14.1. The molecule has 0 radical (unpaired) electrons. The maximum Gasteiger partial charge on any atom is 0.238 e. The van der Waals surface area contributed by atoms with Crippen LogP contribution in [0.5, 0.6) is 0 Å². The van der Waals surface area contributed by atoms with Gasteiger partial charge in [0, 0.05) is 19.4 Å². The van der Waals surface area contributed by atoms with Gasteiger partial charge in [0.1, 0.15) is 0 Å². The molecule has 1 aliphatic rings. The number of amides is 1. The van der Waals surface area contributed by atoms with Crippen LogP contribution in [-0.4, -0.2) is 32.6 Å². The Bertz CT molecular complexity index is 888. The zero-order valence-electron chi connectivity index (χ0n) is 14.2. The van der Waals surface area contributed by atoms with Crippen LogP contribution in [0, 0.1) is 0 Å². The van der Waals surface area contributed by atoms with Crippen LogP contribution in [0.1, 0.15) is 36.0 Å². The molecule has 1 amide bonds. The first-order valence-corrected chi connectivity index (χ1v) is 8.61. The summed E-state index contributed by atoms with van der Waals surface area (Å²) in [5.74, 6) is 1.46. The molecule has 0 bridgehead atoms. The third kappa shape index (κ3) is 3.39. The normalized spacial score (nSPS) is 16.5. The summed E-state index contributed by atoms with van der Waals surface area (Å²) in [6, 6.07) is 11.2. The van der Waals surface area contributed by atoms with Crippen LogP contribution in [0.3, 0.4) is 0 Å². The molecule has 1 N–H and O–H groups in total. The summed E-state index contributed by atoms with van der Waals surface area (Å²) in [7, 11) is 0. The number of rotatable bonds is 5. The second-order valence-electron chi connectivity index (χ2n) is 6.33. The third-order valence-electron chi connectivity index (χ3n) is 4.51. The number of carbonyl (C=O) groups is 1. The zero-order chi connectivity index (χ0) is 17.9. The molecule has 0 saturated carbocycles. The van der Waals surface area contributed by atoms with Crippen molar-refractivity contribution in [3.63, 3.8) is 0 Å². The van der Waals surface area contributed by atoms with E-state index >= 15 is 0 Å². The number of carbonyl (C=O) groups excluding carboxylic acids is 1. The average molecular weight is 353 g/mol. The van der Waals surface area contributed by atoms with Crippen LogP contribution in [0.25, 0.3) is 11.6 Å². The molecule has 134 valence electrons. The zero-order valence-corrected chi connectivity index (χ0v) is 14.2. The summed E-state index contributed by atoms with van der Waals surface area (Å²) in [5.41, 5.74) is 1.91. The van der Waals surface area contributed by atoms with Gasteiger partial charge in [-0.05, 0) is 29.7 Å². The highest BCUT2D eigenvalue weighted by atomic mass is 16.5. The van der Waals surface area contributed by atoms with Gasteiger partial charge >= 0.3 is 0 Å². The summed E-state index contributed by atoms with van der Waals surface area (Å²) in [4.78, 5) is 18.4. The van der Waals surface area contributed by atoms with Crippen molar-refractivity contribution in [1.29, 1.82) is 0 Å². The van der Waals surface area contributed by atoms with Crippen molar-refractivity contribution in [2.75, 3.05) is 6.54 Å². The SMILES string of the molecule is O=C(CCCc1nc(-c2ccco2)no1)N1Cc2ccccc2[C@H](O)C1. The van der Waals surface area contributed by atoms with E-state index in [1.54, 1.807) is 23.3 Å². The molecule has 4 rings (SSSR count). The highest BCUT2D eigenvalue weighted by molar-refractivity contribution is 5.76. The highest BCUT2D eigenvalue weighted by Gasteiger charge is 2.26. The number of hydrogen-bond acceptors (Lipinski definition) is 6. The molecule has 7 heteroatoms. The maximum absolute atomic E-state index is 12.5. The van der Waals surface area contributed by atoms with Gasteiger partial charge in [0.2, 0.25) is 17.6 Å². The number of hydrogen-bond donors (Lipinski definition) is 1. The van der Waals surface area contributed by atoms with Gasteiger partial charge < -0.3 is 18.9 Å². The second-order valence-corrected chi connectivity index (χ2v) is 6.33. The lowest BCUT2D eigenvalue weighted by atomic mass is 9.97. The van der Waals surface area contributed by atoms with Crippen LogP contribution in [0.15, 0.2) is 51.6 Å². The van der Waals surface area contributed by atoms with Gasteiger partial charge in [-0.2, -0.15) is 4.98 Å². The molecule has 0 spiro atoms. The molecule has 1 aromatic carbocycles. The fourth-order valence-electron chi connectivity index (χ4n) is 3.18. The average Bonchev–Trinajstić information content (AvgIpc) is 3.33. The van der Waals surface area contributed by atoms with Crippen LogP contribution in [0.2, 0.25) is 0 Å². The smallest absolute Gasteiger partial charge is 0.238 e. The molecule has 1 aliphatic heterocycles. The van der Waals surface area contributed by atoms with Crippen molar-refractivity contribution < 1.29 is 18.8 Å². The fourth-order valence-corrected chi connectivity index (χ4v) is 3.18. The minimum atomic E-state index is -0.629. The molecule has 7 nitrogen and oxygen atoms in total. The minimum Gasteiger partial charge on any atom is -0.461 e. The molecule has 3 aromatic rings. The molecule has 0 fully saturated rings. The Morgan fingerprint density at radius 2 is 2.15 bits per heavy atom. The number of aromatic nitrogens is 2. The van der Waals surface area contributed by atoms with E-state index < -0.39 is 6.10 Å². The quantitative estimate of drug-likeness (QED) is 0.758. The first kappa shape index (κ1) is 16.5. The largest absolute Gasteiger partial charge is 0.461 e. The van der Waals surface area contributed by atoms with E-state index in [1.807, 2.05) is 24.3 Å². The number of nitrogens with zero attached hydrogens (tertiary/aromatic N) is 3. The first-order valence-electron chi connectivity index (χ1n) is 8.61. The van der Waals surface area contributed by atoms with E-state index in [-0.39, 0.29) is 5.91 Å². The number of aryl methyl sites for hydroxylation is 1. The molecule has 0 saturated heterocycles. The van der Waals surface area contributed by atoms with Gasteiger partial charge in [-0.15, -0.1) is 0 Å². The Morgan fingerprint density at radius 3 is 3.00 bits per heavy atom. The topological polar surface area (TPSA) is 92.6 Å². The van der Waals surface area contributed by atoms with Crippen molar-refractivity contribution in [2.45, 2.75) is 31.9 Å². The number of aliphatic hydroxyl groups excluding tert-OH is 1. The summed E-state index contributed by atoms with van der Waals surface area (Å²) < 4.78 is 10.4. The Morgan fingerprint density at radius 1 is 1.27 bits per heavy atom. The van der Waals surface area contributed by atoms with Crippen molar-refractivity contribution in [3.05, 3.63) is 59.7 Å². The number of fused-ring (bicyclic) bond motifs is 1. The van der Waals surface area contributed by atoms with Crippen molar-refractivity contribution >= 4 is 5.91 Å². The molecule has 1 atom stereocenters. The van der Waals surface area contributed by atoms with Crippen LogP contribution in [-0.2, 0) is 17.8 Å². The van der Waals surface area contributed by atoms with Gasteiger partial charge in [-0.3, -0.25) is 4.79 Å². The second kappa shape index (κ2) is 7.13. The van der Waals surface area contributed by atoms with E-state index in [9.17, 15) is 9.90 Å². The highest BCUT2D eigenvalue weighted by Crippen LogP contribution is 2.26. The van der Waals surface area contributed by atoms with Gasteiger partial charge in [0.15, 0.2) is 5.76 Å². The lowest BCUT2D eigenvalue weighted by Gasteiger charge is -2.32. The number of β-amino-alcohol motifs (C(OH)–C–C–N with tert-alkyl or cyclic N) is 1. The molecule has 2 aromatic heterocycles. The van der Waals surface area contributed by atoms with E-state index in [0.717, 1.165) is 11.1 Å². The molecular weight excluding hydrogens is 334 g/mol. The van der Waals surface area contributed by atoms with E-state index in [4.69, 9.17) is 8.94 Å². The van der Waals surface area contributed by atoms with Gasteiger partial charge in [-0.1, -0.05) is 29.4 Å². The van der Waals surface area contributed by atoms with Crippen LogP contribution in [0.4, 0.5) is 0 Å². The Balaban J connectivity index is 1.31. The molecule has 0 aliphatic carbocycles. The van der Waals surface area contributed by atoms with Gasteiger partial charge in [0.05, 0.1) is 18.9 Å². The van der Waals surface area contributed by atoms with Crippen molar-refractivity contribution in [2.24, 2.45) is 0 Å². The van der Waals surface area contributed by atoms with Crippen molar-refractivity contribution in [3.8, 4) is 11.6 Å². The Kier molecular flexibility index (Phi) is 4.53. The standard InChI is InChI=1S/C19H19N3O4/c23-15-12-22(11-13-5-1-2-6-14(13)15)18(24)9-3-8-17-20-19(21-26-17)16-7-4-10-25-16/h1-2,4-7,10,15,23H,3,8-9,11-12H2/t15-/m1/s1. The Labute approximate surface area is 150 Å². The summed E-state index contributed by atoms with van der Waals surface area (Å²) in [6.07, 6.45) is 2.41. The van der Waals surface area contributed by atoms with E-state index in [2.05, 4.69) is 10.1 Å². The first-order chi connectivity index (χ1) is 12.7. The molecule has 26 heavy (non-hydrogen) atoms. The Hall–Kier alpha value is -2.93. The molecule has 0 unspecified atom stereocenters. The van der Waals surface area contributed by atoms with Crippen LogP contribution >= 0.6 is 0 Å². The maximum atomic E-state index is 12.5. The van der Waals surface area contributed by atoms with Gasteiger partial charge in [-0.25, -0.2) is 0 Å². The predicted molar refractivity (Wildman–Crippen MR) is 91.8 cm³/mol. The summed E-state index contributed by atoms with van der Waals surface area (Å²) in [6.45, 7) is 0.869. The van der Waals surface area contributed by atoms with E-state index in [0.29, 0.717) is 49.8 Å². The van der Waals surface area contributed by atoms with Gasteiger partial charge in [0.25, 0.3) is 0 Å². The van der Waals surface area contributed by atoms with E-state index in [1.165, 1.54) is 0 Å². The number of aliphatic hydroxyl groups is 1. The number of benzene rings is 1. The van der Waals surface area contributed by atoms with Crippen molar-refractivity contribution in [1.82, 2.24) is 15.0 Å². The third-order valence-corrected chi connectivity index (χ3v) is 4.51.